The first-order valence-corrected chi connectivity index (χ1v) is 7.97. The zero-order chi connectivity index (χ0) is 15.9. The lowest BCUT2D eigenvalue weighted by Crippen LogP contribution is -3.15. The number of benzene rings is 1. The van der Waals surface area contributed by atoms with Crippen LogP contribution in [0.5, 0.6) is 0 Å². The number of rotatable bonds is 5. The summed E-state index contributed by atoms with van der Waals surface area (Å²) in [7, 11) is 0. The Morgan fingerprint density at radius 3 is 2.45 bits per heavy atom. The van der Waals surface area contributed by atoms with Crippen LogP contribution >= 0.6 is 0 Å². The summed E-state index contributed by atoms with van der Waals surface area (Å²) in [5, 5.41) is 3.02. The summed E-state index contributed by atoms with van der Waals surface area (Å²) in [5.74, 6) is 0.531. The van der Waals surface area contributed by atoms with Crippen LogP contribution < -0.4 is 10.2 Å². The van der Waals surface area contributed by atoms with E-state index in [2.05, 4.69) is 24.4 Å². The van der Waals surface area contributed by atoms with E-state index >= 15 is 0 Å². The highest BCUT2D eigenvalue weighted by Crippen LogP contribution is 2.12. The minimum absolute atomic E-state index is 0.0917. The highest BCUT2D eigenvalue weighted by atomic mass is 16.2. The van der Waals surface area contributed by atoms with Gasteiger partial charge in [-0.25, -0.2) is 0 Å². The second-order valence-corrected chi connectivity index (χ2v) is 6.05. The minimum atomic E-state index is 0.0917. The van der Waals surface area contributed by atoms with Gasteiger partial charge in [0.25, 0.3) is 5.91 Å². The summed E-state index contributed by atoms with van der Waals surface area (Å²) in [6, 6.07) is 10.2. The Labute approximate surface area is 132 Å². The van der Waals surface area contributed by atoms with Crippen LogP contribution in [-0.2, 0) is 9.59 Å². The number of carbonyl (C=O) groups is 2. The van der Waals surface area contributed by atoms with Crippen LogP contribution in [0.25, 0.3) is 0 Å². The van der Waals surface area contributed by atoms with Crippen LogP contribution in [0.4, 0.5) is 0 Å². The maximum Gasteiger partial charge on any atom is 0.275 e. The van der Waals surface area contributed by atoms with Gasteiger partial charge in [0.15, 0.2) is 6.54 Å². The zero-order valence-electron chi connectivity index (χ0n) is 13.5. The number of nitrogens with zero attached hydrogens (tertiary/aromatic N) is 1. The Balaban J connectivity index is 1.69. The molecule has 0 saturated carbocycles. The van der Waals surface area contributed by atoms with E-state index in [9.17, 15) is 9.59 Å². The molecule has 0 aromatic heterocycles. The molecule has 2 rings (SSSR count). The maximum absolute atomic E-state index is 12.0. The number of nitrogens with one attached hydrogen (secondary N) is 2. The molecule has 1 aromatic carbocycles. The van der Waals surface area contributed by atoms with Crippen molar-refractivity contribution in [1.82, 2.24) is 10.2 Å². The Morgan fingerprint density at radius 1 is 1.23 bits per heavy atom. The molecule has 0 radical (unpaired) electrons. The first-order valence-electron chi connectivity index (χ1n) is 7.97. The van der Waals surface area contributed by atoms with Gasteiger partial charge in [0.2, 0.25) is 5.91 Å². The van der Waals surface area contributed by atoms with Crippen LogP contribution in [-0.4, -0.2) is 56.0 Å². The summed E-state index contributed by atoms with van der Waals surface area (Å²) >= 11 is 0. The molecule has 0 bridgehead atoms. The molecule has 1 aliphatic rings. The van der Waals surface area contributed by atoms with Crippen LogP contribution in [0.3, 0.4) is 0 Å². The van der Waals surface area contributed by atoms with Gasteiger partial charge in [-0.1, -0.05) is 37.3 Å². The van der Waals surface area contributed by atoms with E-state index in [-0.39, 0.29) is 11.8 Å². The average molecular weight is 304 g/mol. The summed E-state index contributed by atoms with van der Waals surface area (Å²) in [5.41, 5.74) is 1.24. The number of carbonyl (C=O) groups excluding carboxylic acids is 2. The fourth-order valence-corrected chi connectivity index (χ4v) is 2.77. The fourth-order valence-electron chi connectivity index (χ4n) is 2.77. The largest absolute Gasteiger partial charge is 0.351 e. The molecule has 1 saturated heterocycles. The molecule has 1 aliphatic heterocycles. The van der Waals surface area contributed by atoms with Crippen molar-refractivity contribution in [3.05, 3.63) is 35.9 Å². The van der Waals surface area contributed by atoms with Crippen molar-refractivity contribution in [1.29, 1.82) is 0 Å². The lowest BCUT2D eigenvalue weighted by Gasteiger charge is -2.31. The van der Waals surface area contributed by atoms with E-state index in [1.165, 1.54) is 10.5 Å². The van der Waals surface area contributed by atoms with Crippen LogP contribution in [0, 0.1) is 0 Å². The molecule has 1 heterocycles. The smallest absolute Gasteiger partial charge is 0.275 e. The standard InChI is InChI=1S/C17H25N3O2/c1-14(16-6-4-3-5-7-16)12-18-17(22)13-19-8-10-20(11-9-19)15(2)21/h3-7,14H,8-13H2,1-2H3,(H,18,22)/p+1/t14-/m0/s1. The summed E-state index contributed by atoms with van der Waals surface area (Å²) in [6.07, 6.45) is 0. The van der Waals surface area contributed by atoms with E-state index in [4.69, 9.17) is 0 Å². The molecule has 5 heteroatoms. The molecule has 2 N–H and O–H groups in total. The number of quaternary nitrogens is 1. The van der Waals surface area contributed by atoms with Gasteiger partial charge in [0.05, 0.1) is 26.2 Å². The summed E-state index contributed by atoms with van der Waals surface area (Å²) < 4.78 is 0. The monoisotopic (exact) mass is 304 g/mol. The van der Waals surface area contributed by atoms with E-state index in [0.29, 0.717) is 19.0 Å². The van der Waals surface area contributed by atoms with Crippen molar-refractivity contribution in [2.45, 2.75) is 19.8 Å². The van der Waals surface area contributed by atoms with Gasteiger partial charge in [-0.15, -0.1) is 0 Å². The minimum Gasteiger partial charge on any atom is -0.351 e. The molecule has 120 valence electrons. The predicted octanol–water partition coefficient (Wildman–Crippen LogP) is -0.347. The van der Waals surface area contributed by atoms with Gasteiger partial charge < -0.3 is 15.1 Å². The zero-order valence-corrected chi connectivity index (χ0v) is 13.5. The van der Waals surface area contributed by atoms with E-state index < -0.39 is 0 Å². The second-order valence-electron chi connectivity index (χ2n) is 6.05. The first-order chi connectivity index (χ1) is 10.6. The molecule has 0 aliphatic carbocycles. The Bertz CT molecular complexity index is 496. The Hall–Kier alpha value is -1.88. The number of amides is 2. The third-order valence-electron chi connectivity index (χ3n) is 4.30. The second kappa shape index (κ2) is 7.94. The topological polar surface area (TPSA) is 53.9 Å². The quantitative estimate of drug-likeness (QED) is 0.781. The van der Waals surface area contributed by atoms with Gasteiger partial charge in [-0.3, -0.25) is 9.59 Å². The van der Waals surface area contributed by atoms with Crippen molar-refractivity contribution in [2.75, 3.05) is 39.3 Å². The van der Waals surface area contributed by atoms with Crippen LogP contribution in [0.1, 0.15) is 25.3 Å². The number of hydrogen-bond acceptors (Lipinski definition) is 2. The van der Waals surface area contributed by atoms with E-state index in [1.54, 1.807) is 6.92 Å². The van der Waals surface area contributed by atoms with Gasteiger partial charge >= 0.3 is 0 Å². The Morgan fingerprint density at radius 2 is 1.86 bits per heavy atom. The van der Waals surface area contributed by atoms with Gasteiger partial charge in [0.1, 0.15) is 0 Å². The van der Waals surface area contributed by atoms with Gasteiger partial charge in [0, 0.05) is 13.5 Å². The van der Waals surface area contributed by atoms with E-state index in [0.717, 1.165) is 26.2 Å². The summed E-state index contributed by atoms with van der Waals surface area (Å²) in [6.45, 7) is 8.07. The van der Waals surface area contributed by atoms with Gasteiger partial charge in [-0.2, -0.15) is 0 Å². The lowest BCUT2D eigenvalue weighted by atomic mass is 10.0. The molecule has 2 amide bonds. The van der Waals surface area contributed by atoms with Crippen molar-refractivity contribution in [3.63, 3.8) is 0 Å². The highest BCUT2D eigenvalue weighted by molar-refractivity contribution is 5.77. The average Bonchev–Trinajstić information content (AvgIpc) is 2.54. The Kier molecular flexibility index (Phi) is 5.95. The van der Waals surface area contributed by atoms with Crippen molar-refractivity contribution < 1.29 is 14.5 Å². The summed E-state index contributed by atoms with van der Waals surface area (Å²) in [4.78, 5) is 26.4. The molecule has 22 heavy (non-hydrogen) atoms. The molecule has 1 atom stereocenters. The molecule has 1 aromatic rings. The SMILES string of the molecule is CC(=O)N1CC[NH+](CC(=O)NC[C@H](C)c2ccccc2)CC1. The predicted molar refractivity (Wildman–Crippen MR) is 85.7 cm³/mol. The maximum atomic E-state index is 12.0. The van der Waals surface area contributed by atoms with Gasteiger partial charge in [-0.05, 0) is 11.5 Å². The third-order valence-corrected chi connectivity index (χ3v) is 4.30. The number of hydrogen-bond donors (Lipinski definition) is 2. The molecular formula is C17H26N3O2+. The molecule has 5 nitrogen and oxygen atoms in total. The first kappa shape index (κ1) is 16.5. The third kappa shape index (κ3) is 4.84. The van der Waals surface area contributed by atoms with E-state index in [1.807, 2.05) is 23.1 Å². The highest BCUT2D eigenvalue weighted by Gasteiger charge is 2.23. The molecule has 0 unspecified atom stereocenters. The normalized spacial score (nSPS) is 17.1. The van der Waals surface area contributed by atoms with Crippen molar-refractivity contribution >= 4 is 11.8 Å². The number of piperazine rings is 1. The van der Waals surface area contributed by atoms with Crippen LogP contribution in [0.2, 0.25) is 0 Å². The molecule has 0 spiro atoms. The lowest BCUT2D eigenvalue weighted by molar-refractivity contribution is -0.896. The van der Waals surface area contributed by atoms with Crippen LogP contribution in [0.15, 0.2) is 30.3 Å². The molecular weight excluding hydrogens is 278 g/mol. The van der Waals surface area contributed by atoms with Crippen molar-refractivity contribution in [2.24, 2.45) is 0 Å². The van der Waals surface area contributed by atoms with Crippen molar-refractivity contribution in [3.8, 4) is 0 Å². The fraction of sp³-hybridized carbons (Fsp3) is 0.529. The molecule has 1 fully saturated rings.